The van der Waals surface area contributed by atoms with Gasteiger partial charge in [-0.15, -0.1) is 11.3 Å². The molecule has 18 heavy (non-hydrogen) atoms. The van der Waals surface area contributed by atoms with Crippen molar-refractivity contribution in [1.82, 2.24) is 0 Å². The monoisotopic (exact) mass is 276 g/mol. The molecule has 0 amide bonds. The standard InChI is InChI=1S/C15H16OS2/c1-10-3-2-4-11(7-10)15(16)14-8-12-9-17-6-5-13(12)18-14/h2-4,7-8,15-16H,5-6,9H2,1H3. The van der Waals surface area contributed by atoms with Crippen LogP contribution in [0.15, 0.2) is 30.3 Å². The number of hydrogen-bond donors (Lipinski definition) is 1. The molecular formula is C15H16OS2. The zero-order valence-electron chi connectivity index (χ0n) is 10.3. The first kappa shape index (κ1) is 12.3. The van der Waals surface area contributed by atoms with Crippen LogP contribution >= 0.6 is 23.1 Å². The Morgan fingerprint density at radius 2 is 2.17 bits per heavy atom. The second-order valence-electron chi connectivity index (χ2n) is 4.72. The summed E-state index contributed by atoms with van der Waals surface area (Å²) in [6.07, 6.45) is 0.691. The molecular weight excluding hydrogens is 260 g/mol. The Labute approximate surface area is 116 Å². The average Bonchev–Trinajstić information content (AvgIpc) is 2.81. The lowest BCUT2D eigenvalue weighted by Gasteiger charge is -2.09. The molecule has 0 bridgehead atoms. The Bertz CT molecular complexity index is 536. The Morgan fingerprint density at radius 3 is 2.94 bits per heavy atom. The van der Waals surface area contributed by atoms with Crippen LogP contribution in [0, 0.1) is 6.92 Å². The van der Waals surface area contributed by atoms with Crippen molar-refractivity contribution < 1.29 is 5.11 Å². The van der Waals surface area contributed by atoms with E-state index in [0.29, 0.717) is 0 Å². The molecule has 94 valence electrons. The van der Waals surface area contributed by atoms with Crippen LogP contribution in [-0.4, -0.2) is 10.9 Å². The van der Waals surface area contributed by atoms with Gasteiger partial charge in [0, 0.05) is 15.5 Å². The molecule has 0 radical (unpaired) electrons. The molecule has 3 rings (SSSR count). The number of aryl methyl sites for hydroxylation is 2. The van der Waals surface area contributed by atoms with E-state index in [1.807, 2.05) is 23.9 Å². The summed E-state index contributed by atoms with van der Waals surface area (Å²) in [5, 5.41) is 10.5. The summed E-state index contributed by atoms with van der Waals surface area (Å²) in [5.74, 6) is 2.32. The van der Waals surface area contributed by atoms with Crippen LogP contribution in [0.3, 0.4) is 0 Å². The van der Waals surface area contributed by atoms with Gasteiger partial charge in [0.1, 0.15) is 6.10 Å². The van der Waals surface area contributed by atoms with Gasteiger partial charge < -0.3 is 5.11 Å². The fraction of sp³-hybridized carbons (Fsp3) is 0.333. The van der Waals surface area contributed by atoms with Gasteiger partial charge in [0.05, 0.1) is 0 Å². The summed E-state index contributed by atoms with van der Waals surface area (Å²) in [6, 6.07) is 10.3. The van der Waals surface area contributed by atoms with Crippen LogP contribution in [0.1, 0.15) is 32.5 Å². The first-order valence-electron chi connectivity index (χ1n) is 6.18. The largest absolute Gasteiger partial charge is 0.383 e. The van der Waals surface area contributed by atoms with Crippen LogP contribution < -0.4 is 0 Å². The number of aliphatic hydroxyl groups is 1. The van der Waals surface area contributed by atoms with Crippen molar-refractivity contribution in [3.8, 4) is 0 Å². The summed E-state index contributed by atoms with van der Waals surface area (Å²) >= 11 is 3.77. The summed E-state index contributed by atoms with van der Waals surface area (Å²) in [6.45, 7) is 2.06. The molecule has 0 spiro atoms. The van der Waals surface area contributed by atoms with E-state index >= 15 is 0 Å². The third-order valence-corrected chi connectivity index (χ3v) is 5.57. The maximum absolute atomic E-state index is 10.5. The number of thiophene rings is 1. The van der Waals surface area contributed by atoms with Crippen molar-refractivity contribution in [2.45, 2.75) is 25.2 Å². The maximum atomic E-state index is 10.5. The van der Waals surface area contributed by atoms with Crippen molar-refractivity contribution in [2.24, 2.45) is 0 Å². The van der Waals surface area contributed by atoms with E-state index in [2.05, 4.69) is 25.1 Å². The number of benzene rings is 1. The van der Waals surface area contributed by atoms with Crippen LogP contribution in [0.2, 0.25) is 0 Å². The molecule has 0 saturated heterocycles. The minimum atomic E-state index is -0.467. The first-order valence-corrected chi connectivity index (χ1v) is 8.15. The predicted octanol–water partition coefficient (Wildman–Crippen LogP) is 3.93. The Kier molecular flexibility index (Phi) is 3.46. The Hall–Kier alpha value is -0.770. The predicted molar refractivity (Wildman–Crippen MR) is 79.4 cm³/mol. The van der Waals surface area contributed by atoms with Crippen LogP contribution in [0.4, 0.5) is 0 Å². The van der Waals surface area contributed by atoms with Gasteiger partial charge in [-0.1, -0.05) is 29.8 Å². The van der Waals surface area contributed by atoms with Gasteiger partial charge in [-0.2, -0.15) is 11.8 Å². The van der Waals surface area contributed by atoms with E-state index in [-0.39, 0.29) is 0 Å². The molecule has 1 nitrogen and oxygen atoms in total. The van der Waals surface area contributed by atoms with E-state index in [9.17, 15) is 5.11 Å². The minimum Gasteiger partial charge on any atom is -0.383 e. The minimum absolute atomic E-state index is 0.467. The average molecular weight is 276 g/mol. The number of fused-ring (bicyclic) bond motifs is 1. The van der Waals surface area contributed by atoms with E-state index in [1.165, 1.54) is 21.8 Å². The third-order valence-electron chi connectivity index (χ3n) is 3.27. The van der Waals surface area contributed by atoms with Gasteiger partial charge in [0.15, 0.2) is 0 Å². The van der Waals surface area contributed by atoms with Crippen molar-refractivity contribution in [3.05, 3.63) is 56.8 Å². The van der Waals surface area contributed by atoms with Crippen LogP contribution in [-0.2, 0) is 12.2 Å². The first-order chi connectivity index (χ1) is 8.74. The molecule has 1 atom stereocenters. The molecule has 0 aliphatic carbocycles. The van der Waals surface area contributed by atoms with Gasteiger partial charge in [-0.3, -0.25) is 0 Å². The molecule has 2 aromatic rings. The molecule has 1 aliphatic heterocycles. The Morgan fingerprint density at radius 1 is 1.28 bits per heavy atom. The third kappa shape index (κ3) is 2.35. The highest BCUT2D eigenvalue weighted by molar-refractivity contribution is 7.98. The van der Waals surface area contributed by atoms with Gasteiger partial charge >= 0.3 is 0 Å². The molecule has 1 aromatic heterocycles. The second kappa shape index (κ2) is 5.08. The van der Waals surface area contributed by atoms with Crippen molar-refractivity contribution in [1.29, 1.82) is 0 Å². The number of thioether (sulfide) groups is 1. The molecule has 0 saturated carbocycles. The highest BCUT2D eigenvalue weighted by Gasteiger charge is 2.18. The van der Waals surface area contributed by atoms with Gasteiger partial charge in [0.2, 0.25) is 0 Å². The van der Waals surface area contributed by atoms with E-state index < -0.39 is 6.10 Å². The maximum Gasteiger partial charge on any atom is 0.113 e. The normalized spacial score (nSPS) is 16.3. The van der Waals surface area contributed by atoms with Gasteiger partial charge in [-0.05, 0) is 36.3 Å². The smallest absolute Gasteiger partial charge is 0.113 e. The molecule has 2 heterocycles. The fourth-order valence-electron chi connectivity index (χ4n) is 2.31. The zero-order valence-corrected chi connectivity index (χ0v) is 12.0. The fourth-order valence-corrected chi connectivity index (χ4v) is 4.70. The lowest BCUT2D eigenvalue weighted by Crippen LogP contribution is -1.97. The summed E-state index contributed by atoms with van der Waals surface area (Å²) in [4.78, 5) is 2.56. The molecule has 1 aromatic carbocycles. The topological polar surface area (TPSA) is 20.2 Å². The SMILES string of the molecule is Cc1cccc(C(O)c2cc3c(s2)CCSC3)c1. The Balaban J connectivity index is 1.92. The molecule has 0 fully saturated rings. The molecule has 1 N–H and O–H groups in total. The van der Waals surface area contributed by atoms with Crippen LogP contribution in [0.25, 0.3) is 0 Å². The zero-order chi connectivity index (χ0) is 12.5. The number of hydrogen-bond acceptors (Lipinski definition) is 3. The van der Waals surface area contributed by atoms with E-state index in [0.717, 1.165) is 22.6 Å². The van der Waals surface area contributed by atoms with Gasteiger partial charge in [-0.25, -0.2) is 0 Å². The van der Waals surface area contributed by atoms with E-state index in [1.54, 1.807) is 11.3 Å². The van der Waals surface area contributed by atoms with Crippen LogP contribution in [0.5, 0.6) is 0 Å². The molecule has 3 heteroatoms. The highest BCUT2D eigenvalue weighted by Crippen LogP contribution is 2.36. The molecule has 1 unspecified atom stereocenters. The highest BCUT2D eigenvalue weighted by atomic mass is 32.2. The van der Waals surface area contributed by atoms with E-state index in [4.69, 9.17) is 0 Å². The van der Waals surface area contributed by atoms with Crippen molar-refractivity contribution >= 4 is 23.1 Å². The number of aliphatic hydroxyl groups excluding tert-OH is 1. The number of rotatable bonds is 2. The summed E-state index contributed by atoms with van der Waals surface area (Å²) in [5.41, 5.74) is 3.63. The lowest BCUT2D eigenvalue weighted by atomic mass is 10.0. The summed E-state index contributed by atoms with van der Waals surface area (Å²) < 4.78 is 0. The quantitative estimate of drug-likeness (QED) is 0.897. The van der Waals surface area contributed by atoms with Crippen molar-refractivity contribution in [2.75, 3.05) is 5.75 Å². The molecule has 1 aliphatic rings. The lowest BCUT2D eigenvalue weighted by molar-refractivity contribution is 0.224. The van der Waals surface area contributed by atoms with Crippen molar-refractivity contribution in [3.63, 3.8) is 0 Å². The summed E-state index contributed by atoms with van der Waals surface area (Å²) in [7, 11) is 0. The second-order valence-corrected chi connectivity index (χ2v) is 6.99. The van der Waals surface area contributed by atoms with Gasteiger partial charge in [0.25, 0.3) is 0 Å².